The van der Waals surface area contributed by atoms with Gasteiger partial charge in [0.05, 0.1) is 11.9 Å². The number of nitrogen functional groups attached to an aromatic ring is 1. The molecule has 0 aliphatic carbocycles. The van der Waals surface area contributed by atoms with Crippen LogP contribution >= 0.6 is 0 Å². The van der Waals surface area contributed by atoms with Gasteiger partial charge in [0.1, 0.15) is 11.9 Å². The van der Waals surface area contributed by atoms with Crippen LogP contribution in [0, 0.1) is 0 Å². The SMILES string of the molecule is CCn1nccc1C(O)c1cn[nH]c1N. The first-order chi connectivity index (χ1) is 7.24. The van der Waals surface area contributed by atoms with Crippen molar-refractivity contribution < 1.29 is 5.11 Å². The Labute approximate surface area is 86.7 Å². The van der Waals surface area contributed by atoms with Crippen molar-refractivity contribution in [3.05, 3.63) is 29.7 Å². The Hall–Kier alpha value is -1.82. The molecule has 0 aliphatic heterocycles. The van der Waals surface area contributed by atoms with Gasteiger partial charge in [-0.3, -0.25) is 9.78 Å². The van der Waals surface area contributed by atoms with E-state index in [9.17, 15) is 5.11 Å². The molecule has 2 heterocycles. The highest BCUT2D eigenvalue weighted by Crippen LogP contribution is 2.24. The minimum atomic E-state index is -0.786. The number of hydrogen-bond donors (Lipinski definition) is 3. The Morgan fingerprint density at radius 1 is 1.67 bits per heavy atom. The number of nitrogens with zero attached hydrogens (tertiary/aromatic N) is 3. The minimum Gasteiger partial charge on any atom is -0.384 e. The lowest BCUT2D eigenvalue weighted by molar-refractivity contribution is 0.209. The fourth-order valence-electron chi connectivity index (χ4n) is 1.52. The van der Waals surface area contributed by atoms with E-state index in [0.29, 0.717) is 23.6 Å². The largest absolute Gasteiger partial charge is 0.384 e. The molecule has 0 saturated heterocycles. The summed E-state index contributed by atoms with van der Waals surface area (Å²) in [5, 5.41) is 20.5. The number of nitrogens with one attached hydrogen (secondary N) is 1. The molecule has 0 spiro atoms. The smallest absolute Gasteiger partial charge is 0.126 e. The highest BCUT2D eigenvalue weighted by Gasteiger charge is 2.18. The Bertz CT molecular complexity index is 447. The van der Waals surface area contributed by atoms with E-state index in [1.165, 1.54) is 6.20 Å². The van der Waals surface area contributed by atoms with Crippen LogP contribution in [-0.2, 0) is 6.54 Å². The lowest BCUT2D eigenvalue weighted by Crippen LogP contribution is -2.09. The standard InChI is InChI=1S/C9H13N5O/c1-2-14-7(3-4-12-14)8(15)6-5-11-13-9(6)10/h3-5,8,15H,2H2,1H3,(H3,10,11,13). The summed E-state index contributed by atoms with van der Waals surface area (Å²) in [6.07, 6.45) is 2.39. The zero-order valence-corrected chi connectivity index (χ0v) is 8.38. The first-order valence-electron chi connectivity index (χ1n) is 4.72. The van der Waals surface area contributed by atoms with Crippen molar-refractivity contribution in [3.8, 4) is 0 Å². The third-order valence-electron chi connectivity index (χ3n) is 2.32. The maximum Gasteiger partial charge on any atom is 0.126 e. The number of aryl methyl sites for hydroxylation is 1. The van der Waals surface area contributed by atoms with Crippen molar-refractivity contribution in [1.29, 1.82) is 0 Å². The molecular weight excluding hydrogens is 194 g/mol. The van der Waals surface area contributed by atoms with E-state index in [1.807, 2.05) is 6.92 Å². The van der Waals surface area contributed by atoms with E-state index in [-0.39, 0.29) is 0 Å². The van der Waals surface area contributed by atoms with Crippen molar-refractivity contribution in [3.63, 3.8) is 0 Å². The van der Waals surface area contributed by atoms with Gasteiger partial charge in [0.25, 0.3) is 0 Å². The summed E-state index contributed by atoms with van der Waals surface area (Å²) in [5.74, 6) is 0.381. The van der Waals surface area contributed by atoms with Crippen LogP contribution in [0.5, 0.6) is 0 Å². The molecule has 0 aliphatic rings. The van der Waals surface area contributed by atoms with E-state index < -0.39 is 6.10 Å². The van der Waals surface area contributed by atoms with Gasteiger partial charge >= 0.3 is 0 Å². The Kier molecular flexibility index (Phi) is 2.42. The number of aliphatic hydroxyl groups is 1. The Morgan fingerprint density at radius 3 is 3.07 bits per heavy atom. The summed E-state index contributed by atoms with van der Waals surface area (Å²) in [6.45, 7) is 2.67. The van der Waals surface area contributed by atoms with Gasteiger partial charge in [0.15, 0.2) is 0 Å². The first-order valence-corrected chi connectivity index (χ1v) is 4.72. The van der Waals surface area contributed by atoms with Crippen molar-refractivity contribution >= 4 is 5.82 Å². The van der Waals surface area contributed by atoms with Crippen molar-refractivity contribution in [2.45, 2.75) is 19.6 Å². The number of hydrogen-bond acceptors (Lipinski definition) is 4. The molecule has 4 N–H and O–H groups in total. The zero-order chi connectivity index (χ0) is 10.8. The van der Waals surface area contributed by atoms with Gasteiger partial charge in [-0.25, -0.2) is 0 Å². The average Bonchev–Trinajstić information content (AvgIpc) is 2.84. The Balaban J connectivity index is 2.36. The molecule has 0 radical (unpaired) electrons. The van der Waals surface area contributed by atoms with E-state index >= 15 is 0 Å². The van der Waals surface area contributed by atoms with E-state index in [0.717, 1.165) is 0 Å². The second-order valence-electron chi connectivity index (χ2n) is 3.21. The fourth-order valence-corrected chi connectivity index (χ4v) is 1.52. The molecule has 2 rings (SSSR count). The summed E-state index contributed by atoms with van der Waals surface area (Å²) >= 11 is 0. The molecule has 0 bridgehead atoms. The van der Waals surface area contributed by atoms with Crippen LogP contribution in [-0.4, -0.2) is 25.1 Å². The van der Waals surface area contributed by atoms with Crippen LogP contribution in [0.2, 0.25) is 0 Å². The quantitative estimate of drug-likeness (QED) is 0.674. The van der Waals surface area contributed by atoms with Gasteiger partial charge in [-0.1, -0.05) is 0 Å². The lowest BCUT2D eigenvalue weighted by Gasteiger charge is -2.11. The normalized spacial score (nSPS) is 12.9. The van der Waals surface area contributed by atoms with Gasteiger partial charge < -0.3 is 10.8 Å². The lowest BCUT2D eigenvalue weighted by atomic mass is 10.1. The highest BCUT2D eigenvalue weighted by molar-refractivity contribution is 5.41. The first kappa shape index (κ1) is 9.72. The molecule has 6 heteroatoms. The minimum absolute atomic E-state index is 0.381. The molecule has 0 amide bonds. The third-order valence-corrected chi connectivity index (χ3v) is 2.32. The van der Waals surface area contributed by atoms with Crippen LogP contribution in [0.15, 0.2) is 18.5 Å². The molecule has 0 saturated carbocycles. The second-order valence-corrected chi connectivity index (χ2v) is 3.21. The maximum atomic E-state index is 10.1. The Morgan fingerprint density at radius 2 is 2.47 bits per heavy atom. The van der Waals surface area contributed by atoms with Gasteiger partial charge in [-0.15, -0.1) is 0 Å². The van der Waals surface area contributed by atoms with E-state index in [1.54, 1.807) is 16.9 Å². The van der Waals surface area contributed by atoms with Crippen molar-refractivity contribution in [1.82, 2.24) is 20.0 Å². The molecule has 2 aromatic rings. The number of H-pyrrole nitrogens is 1. The summed E-state index contributed by atoms with van der Waals surface area (Å²) in [5.41, 5.74) is 6.92. The number of anilines is 1. The second kappa shape index (κ2) is 3.74. The third kappa shape index (κ3) is 1.59. The highest BCUT2D eigenvalue weighted by atomic mass is 16.3. The molecule has 1 unspecified atom stereocenters. The number of aromatic amines is 1. The molecular formula is C9H13N5O. The van der Waals surface area contributed by atoms with Crippen LogP contribution < -0.4 is 5.73 Å². The number of aliphatic hydroxyl groups excluding tert-OH is 1. The van der Waals surface area contributed by atoms with Crippen LogP contribution in [0.25, 0.3) is 0 Å². The van der Waals surface area contributed by atoms with Crippen LogP contribution in [0.4, 0.5) is 5.82 Å². The predicted molar refractivity (Wildman–Crippen MR) is 55.0 cm³/mol. The van der Waals surface area contributed by atoms with Gasteiger partial charge in [0, 0.05) is 18.3 Å². The molecule has 80 valence electrons. The van der Waals surface area contributed by atoms with Gasteiger partial charge in [-0.2, -0.15) is 10.2 Å². The van der Waals surface area contributed by atoms with Gasteiger partial charge in [0.2, 0.25) is 0 Å². The molecule has 0 aromatic carbocycles. The maximum absolute atomic E-state index is 10.1. The number of nitrogens with two attached hydrogens (primary N) is 1. The average molecular weight is 207 g/mol. The zero-order valence-electron chi connectivity index (χ0n) is 8.38. The summed E-state index contributed by atoms with van der Waals surface area (Å²) in [6, 6.07) is 1.76. The summed E-state index contributed by atoms with van der Waals surface area (Å²) < 4.78 is 1.72. The predicted octanol–water partition coefficient (Wildman–Crippen LogP) is 0.290. The molecule has 2 aromatic heterocycles. The van der Waals surface area contributed by atoms with E-state index in [2.05, 4.69) is 15.3 Å². The summed E-state index contributed by atoms with van der Waals surface area (Å²) in [7, 11) is 0. The van der Waals surface area contributed by atoms with Crippen molar-refractivity contribution in [2.24, 2.45) is 0 Å². The number of rotatable bonds is 3. The van der Waals surface area contributed by atoms with Crippen LogP contribution in [0.1, 0.15) is 24.3 Å². The van der Waals surface area contributed by atoms with Crippen LogP contribution in [0.3, 0.4) is 0 Å². The fraction of sp³-hybridized carbons (Fsp3) is 0.333. The van der Waals surface area contributed by atoms with Crippen molar-refractivity contribution in [2.75, 3.05) is 5.73 Å². The topological polar surface area (TPSA) is 92.7 Å². The molecule has 1 atom stereocenters. The molecule has 6 nitrogen and oxygen atoms in total. The van der Waals surface area contributed by atoms with Gasteiger partial charge in [-0.05, 0) is 13.0 Å². The monoisotopic (exact) mass is 207 g/mol. The summed E-state index contributed by atoms with van der Waals surface area (Å²) in [4.78, 5) is 0. The number of aromatic nitrogens is 4. The molecule has 0 fully saturated rings. The van der Waals surface area contributed by atoms with E-state index in [4.69, 9.17) is 5.73 Å². The molecule has 15 heavy (non-hydrogen) atoms.